The van der Waals surface area contributed by atoms with Crippen molar-refractivity contribution < 1.29 is 14.4 Å². The number of hydrogen-bond acceptors (Lipinski definition) is 2. The van der Waals surface area contributed by atoms with Crippen molar-refractivity contribution in [3.8, 4) is 0 Å². The first-order valence-corrected chi connectivity index (χ1v) is 10.9. The molecule has 4 heteroatoms. The molecule has 0 radical (unpaired) electrons. The van der Waals surface area contributed by atoms with Gasteiger partial charge in [-0.15, -0.1) is 11.6 Å². The highest BCUT2D eigenvalue weighted by Crippen LogP contribution is 2.12. The molecule has 0 fully saturated rings. The largest absolute Gasteiger partial charge is 0.544 e. The highest BCUT2D eigenvalue weighted by atomic mass is 35.5. The summed E-state index contributed by atoms with van der Waals surface area (Å²) in [7, 11) is 5.40. The van der Waals surface area contributed by atoms with Crippen LogP contribution in [0.1, 0.15) is 96.8 Å². The number of halogens is 1. The van der Waals surface area contributed by atoms with Crippen molar-refractivity contribution in [2.45, 2.75) is 96.8 Å². The first-order chi connectivity index (χ1) is 11.8. The van der Waals surface area contributed by atoms with Gasteiger partial charge in [0.1, 0.15) is 6.54 Å². The average molecular weight is 378 g/mol. The zero-order valence-corrected chi connectivity index (χ0v) is 18.2. The Morgan fingerprint density at radius 1 is 0.720 bits per heavy atom. The number of alkyl halides is 1. The third-order valence-electron chi connectivity index (χ3n) is 4.09. The lowest BCUT2D eigenvalue weighted by Gasteiger charge is -2.23. The van der Waals surface area contributed by atoms with E-state index < -0.39 is 5.97 Å². The van der Waals surface area contributed by atoms with E-state index in [2.05, 4.69) is 6.92 Å². The van der Waals surface area contributed by atoms with Gasteiger partial charge in [0, 0.05) is 5.88 Å². The molecule has 25 heavy (non-hydrogen) atoms. The van der Waals surface area contributed by atoms with Gasteiger partial charge >= 0.3 is 0 Å². The molecule has 0 spiro atoms. The van der Waals surface area contributed by atoms with Crippen LogP contribution in [0, 0.1) is 0 Å². The molecule has 0 aliphatic carbocycles. The lowest BCUT2D eigenvalue weighted by Crippen LogP contribution is -2.45. The molecule has 0 aliphatic heterocycles. The van der Waals surface area contributed by atoms with Crippen molar-refractivity contribution >= 4 is 17.6 Å². The van der Waals surface area contributed by atoms with Crippen LogP contribution in [0.15, 0.2) is 0 Å². The molecule has 152 valence electrons. The lowest BCUT2D eigenvalue weighted by molar-refractivity contribution is -0.864. The fourth-order valence-electron chi connectivity index (χ4n) is 2.68. The minimum atomic E-state index is -1.00. The average Bonchev–Trinajstić information content (AvgIpc) is 2.50. The molecule has 0 atom stereocenters. The summed E-state index contributed by atoms with van der Waals surface area (Å²) in [6.07, 6.45) is 19.8. The molecule has 0 amide bonds. The van der Waals surface area contributed by atoms with Gasteiger partial charge in [0.05, 0.1) is 27.1 Å². The first kappa shape index (κ1) is 26.9. The molecule has 0 aromatic heterocycles. The Bertz CT molecular complexity index is 264. The third-order valence-corrected chi connectivity index (χ3v) is 4.36. The highest BCUT2D eigenvalue weighted by Gasteiger charge is 2.04. The maximum atomic E-state index is 9.89. The highest BCUT2D eigenvalue weighted by molar-refractivity contribution is 6.17. The summed E-state index contributed by atoms with van der Waals surface area (Å²) >= 11 is 5.64. The van der Waals surface area contributed by atoms with E-state index in [1.54, 1.807) is 21.1 Å². The fourth-order valence-corrected chi connectivity index (χ4v) is 2.87. The molecule has 0 rings (SSSR count). The molecule has 0 aromatic rings. The summed E-state index contributed by atoms with van der Waals surface area (Å²) < 4.78 is 0.419. The van der Waals surface area contributed by atoms with Crippen LogP contribution < -0.4 is 5.11 Å². The number of likely N-dealkylation sites (N-methyl/N-ethyl adjacent to an activating group) is 1. The molecular weight excluding hydrogens is 334 g/mol. The number of carbonyl (C=O) groups is 1. The van der Waals surface area contributed by atoms with E-state index in [1.165, 1.54) is 89.9 Å². The fraction of sp³-hybridized carbons (Fsp3) is 0.952. The maximum absolute atomic E-state index is 9.89. The SMILES string of the molecule is CCCCCCCCCCCCCCCCCl.C[N+](C)(C)CC(=O)[O-]. The monoisotopic (exact) mass is 377 g/mol. The minimum Gasteiger partial charge on any atom is -0.544 e. The van der Waals surface area contributed by atoms with E-state index in [1.807, 2.05) is 0 Å². The number of carbonyl (C=O) groups excluding carboxylic acids is 1. The quantitative estimate of drug-likeness (QED) is 0.212. The number of carboxylic acids is 1. The summed E-state index contributed by atoms with van der Waals surface area (Å²) in [6, 6.07) is 0. The Hall–Kier alpha value is -0.280. The van der Waals surface area contributed by atoms with Crippen molar-refractivity contribution in [2.24, 2.45) is 0 Å². The van der Waals surface area contributed by atoms with Gasteiger partial charge in [-0.2, -0.15) is 0 Å². The van der Waals surface area contributed by atoms with E-state index in [0.29, 0.717) is 4.48 Å². The predicted octanol–water partition coefficient (Wildman–Crippen LogP) is 5.15. The number of unbranched alkanes of at least 4 members (excludes halogenated alkanes) is 13. The zero-order valence-electron chi connectivity index (χ0n) is 17.5. The molecule has 0 saturated heterocycles. The second-order valence-electron chi connectivity index (χ2n) is 8.11. The van der Waals surface area contributed by atoms with Crippen LogP contribution in [0.25, 0.3) is 0 Å². The number of hydrogen-bond donors (Lipinski definition) is 0. The summed E-state index contributed by atoms with van der Waals surface area (Å²) in [6.45, 7) is 2.35. The van der Waals surface area contributed by atoms with E-state index >= 15 is 0 Å². The van der Waals surface area contributed by atoms with Gasteiger partial charge in [-0.3, -0.25) is 0 Å². The molecule has 0 unspecified atom stereocenters. The molecular formula is C21H44ClNO2. The molecule has 0 aromatic carbocycles. The first-order valence-electron chi connectivity index (χ1n) is 10.4. The van der Waals surface area contributed by atoms with E-state index in [9.17, 15) is 9.90 Å². The Kier molecular flexibility index (Phi) is 21.6. The van der Waals surface area contributed by atoms with Crippen molar-refractivity contribution in [1.82, 2.24) is 0 Å². The molecule has 0 heterocycles. The van der Waals surface area contributed by atoms with E-state index in [0.717, 1.165) is 5.88 Å². The van der Waals surface area contributed by atoms with Crippen molar-refractivity contribution in [1.29, 1.82) is 0 Å². The Morgan fingerprint density at radius 2 is 1.04 bits per heavy atom. The van der Waals surface area contributed by atoms with E-state index in [-0.39, 0.29) is 6.54 Å². The van der Waals surface area contributed by atoms with Crippen LogP contribution in [0.2, 0.25) is 0 Å². The standard InChI is InChI=1S/C16H33Cl.C5H11NO2/c1-2-3-4-5-6-7-8-9-10-11-12-13-14-15-16-17;1-6(2,3)4-5(7)8/h2-16H2,1H3;4H2,1-3H3. The van der Waals surface area contributed by atoms with E-state index in [4.69, 9.17) is 11.6 Å². The van der Waals surface area contributed by atoms with Crippen molar-refractivity contribution in [3.63, 3.8) is 0 Å². The zero-order chi connectivity index (χ0) is 19.4. The molecule has 0 saturated carbocycles. The molecule has 0 bridgehead atoms. The number of nitrogens with zero attached hydrogens (tertiary/aromatic N) is 1. The van der Waals surface area contributed by atoms with Crippen LogP contribution >= 0.6 is 11.6 Å². The van der Waals surface area contributed by atoms with Crippen LogP contribution in [0.4, 0.5) is 0 Å². The van der Waals surface area contributed by atoms with Gasteiger partial charge in [0.25, 0.3) is 0 Å². The molecule has 0 aliphatic rings. The second-order valence-corrected chi connectivity index (χ2v) is 8.48. The van der Waals surface area contributed by atoms with Gasteiger partial charge < -0.3 is 14.4 Å². The van der Waals surface area contributed by atoms with Gasteiger partial charge in [-0.05, 0) is 6.42 Å². The third kappa shape index (κ3) is 31.9. The number of rotatable bonds is 16. The van der Waals surface area contributed by atoms with Crippen LogP contribution in [-0.2, 0) is 4.79 Å². The van der Waals surface area contributed by atoms with Crippen LogP contribution in [0.5, 0.6) is 0 Å². The number of aliphatic carboxylic acids is 1. The van der Waals surface area contributed by atoms with Crippen molar-refractivity contribution in [3.05, 3.63) is 0 Å². The summed E-state index contributed by atoms with van der Waals surface area (Å²) in [5, 5.41) is 9.89. The van der Waals surface area contributed by atoms with Crippen LogP contribution in [0.3, 0.4) is 0 Å². The predicted molar refractivity (Wildman–Crippen MR) is 109 cm³/mol. The van der Waals surface area contributed by atoms with Crippen molar-refractivity contribution in [2.75, 3.05) is 33.6 Å². The van der Waals surface area contributed by atoms with Gasteiger partial charge in [0.2, 0.25) is 0 Å². The Morgan fingerprint density at radius 3 is 1.24 bits per heavy atom. The normalized spacial score (nSPS) is 11.1. The maximum Gasteiger partial charge on any atom is 0.118 e. The summed E-state index contributed by atoms with van der Waals surface area (Å²) in [5.41, 5.74) is 0. The van der Waals surface area contributed by atoms with Gasteiger partial charge in [0.15, 0.2) is 0 Å². The molecule has 0 N–H and O–H groups in total. The topological polar surface area (TPSA) is 40.1 Å². The Balaban J connectivity index is 0. The molecule has 3 nitrogen and oxygen atoms in total. The lowest BCUT2D eigenvalue weighted by atomic mass is 10.0. The van der Waals surface area contributed by atoms with Crippen LogP contribution in [-0.4, -0.2) is 44.0 Å². The Labute approximate surface area is 162 Å². The summed E-state index contributed by atoms with van der Waals surface area (Å²) in [4.78, 5) is 9.89. The minimum absolute atomic E-state index is 0.0694. The summed E-state index contributed by atoms with van der Waals surface area (Å²) in [5.74, 6) is -0.157. The second kappa shape index (κ2) is 20.0. The van der Waals surface area contributed by atoms with Gasteiger partial charge in [-0.1, -0.05) is 90.4 Å². The number of quaternary nitrogens is 1. The number of carboxylic acid groups (broad SMARTS) is 1. The smallest absolute Gasteiger partial charge is 0.118 e. The van der Waals surface area contributed by atoms with Gasteiger partial charge in [-0.25, -0.2) is 0 Å².